The number of benzene rings is 1. The standard InChI is InChI=1S/C37H50F3N3O7/c1-8-23-29-19-43(31(23)34(46)50-36(5,6)7)33(45)24(35(2,3)4)18-30(44)48-28-16-21(28)12-10-9-11-13-26-32(49-29)42-27-17-22(14-15-25(27)41-26)47-20-37(38,39)40/h14-15,17,21,23-24,28-29,31H,8-13,16,18-20H2,1-7H3/t21-,23-,24-,28-,29+,31+/m1/s1. The SMILES string of the molecule is CC[C@@H]1[C@@H]2CN(C(=O)[C@H](C(C)(C)C)CC(=O)O[C@@H]3C[C@H]3CCCCCc3nc4ccc(OCC(F)(F)F)cc4nc3O2)[C@@H]1C(=O)OC(C)(C)C. The maximum Gasteiger partial charge on any atom is 0.422 e. The third kappa shape index (κ3) is 9.37. The smallest absolute Gasteiger partial charge is 0.422 e. The largest absolute Gasteiger partial charge is 0.484 e. The molecule has 1 saturated carbocycles. The lowest BCUT2D eigenvalue weighted by Crippen LogP contribution is -2.50. The van der Waals surface area contributed by atoms with Crippen molar-refractivity contribution in [3.8, 4) is 11.6 Å². The Morgan fingerprint density at radius 2 is 1.72 bits per heavy atom. The number of hydrogen-bond donors (Lipinski definition) is 0. The molecule has 2 aliphatic heterocycles. The van der Waals surface area contributed by atoms with E-state index in [4.69, 9.17) is 28.9 Å². The molecule has 3 aliphatic rings. The number of halogens is 3. The van der Waals surface area contributed by atoms with E-state index in [0.29, 0.717) is 29.6 Å². The number of esters is 2. The van der Waals surface area contributed by atoms with Crippen molar-refractivity contribution in [1.82, 2.24) is 14.9 Å². The van der Waals surface area contributed by atoms with Crippen LogP contribution in [0.25, 0.3) is 11.0 Å². The number of nitrogens with zero attached hydrogens (tertiary/aromatic N) is 3. The molecule has 276 valence electrons. The number of hydrogen-bond acceptors (Lipinski definition) is 9. The van der Waals surface area contributed by atoms with Crippen LogP contribution in [-0.4, -0.2) is 75.9 Å². The minimum atomic E-state index is -4.50. The van der Waals surface area contributed by atoms with E-state index in [1.165, 1.54) is 17.0 Å². The third-order valence-electron chi connectivity index (χ3n) is 9.68. The first-order valence-electron chi connectivity index (χ1n) is 17.7. The van der Waals surface area contributed by atoms with E-state index in [-0.39, 0.29) is 42.5 Å². The van der Waals surface area contributed by atoms with Gasteiger partial charge >= 0.3 is 18.1 Å². The van der Waals surface area contributed by atoms with Crippen molar-refractivity contribution in [2.24, 2.45) is 23.2 Å². The highest BCUT2D eigenvalue weighted by Gasteiger charge is 2.53. The van der Waals surface area contributed by atoms with Gasteiger partial charge in [0.25, 0.3) is 0 Å². The average molecular weight is 706 g/mol. The number of fused-ring (bicyclic) bond motifs is 5. The zero-order valence-electron chi connectivity index (χ0n) is 30.1. The Bertz CT molecular complexity index is 1570. The van der Waals surface area contributed by atoms with Gasteiger partial charge in [-0.05, 0) is 76.3 Å². The highest BCUT2D eigenvalue weighted by molar-refractivity contribution is 5.90. The molecule has 1 aromatic heterocycles. The van der Waals surface area contributed by atoms with Crippen LogP contribution in [0.3, 0.4) is 0 Å². The molecule has 5 rings (SSSR count). The monoisotopic (exact) mass is 705 g/mol. The second kappa shape index (κ2) is 14.5. The first-order valence-corrected chi connectivity index (χ1v) is 17.7. The molecule has 1 aliphatic carbocycles. The van der Waals surface area contributed by atoms with Crippen LogP contribution in [0.5, 0.6) is 11.6 Å². The summed E-state index contributed by atoms with van der Waals surface area (Å²) in [7, 11) is 0. The number of alkyl halides is 3. The Morgan fingerprint density at radius 1 is 0.980 bits per heavy atom. The summed E-state index contributed by atoms with van der Waals surface area (Å²) in [6.07, 6.45) is -0.159. The molecule has 2 aromatic rings. The summed E-state index contributed by atoms with van der Waals surface area (Å²) in [5.74, 6) is -2.15. The Hall–Kier alpha value is -3.64. The highest BCUT2D eigenvalue weighted by atomic mass is 19.4. The van der Waals surface area contributed by atoms with Crippen LogP contribution in [0.15, 0.2) is 18.2 Å². The van der Waals surface area contributed by atoms with Gasteiger partial charge in [-0.1, -0.05) is 40.5 Å². The van der Waals surface area contributed by atoms with Gasteiger partial charge in [0.2, 0.25) is 11.8 Å². The summed E-state index contributed by atoms with van der Waals surface area (Å²) >= 11 is 0. The van der Waals surface area contributed by atoms with Gasteiger partial charge in [0.15, 0.2) is 6.61 Å². The summed E-state index contributed by atoms with van der Waals surface area (Å²) < 4.78 is 61.9. The van der Waals surface area contributed by atoms with Gasteiger partial charge in [-0.2, -0.15) is 13.2 Å². The number of amides is 1. The Kier molecular flexibility index (Phi) is 10.9. The van der Waals surface area contributed by atoms with Crippen LogP contribution in [-0.2, 0) is 30.3 Å². The van der Waals surface area contributed by atoms with E-state index in [0.717, 1.165) is 32.1 Å². The third-order valence-corrected chi connectivity index (χ3v) is 9.68. The summed E-state index contributed by atoms with van der Waals surface area (Å²) in [6, 6.07) is 3.41. The summed E-state index contributed by atoms with van der Waals surface area (Å²) in [5, 5.41) is 0. The van der Waals surface area contributed by atoms with Gasteiger partial charge in [-0.25, -0.2) is 14.8 Å². The van der Waals surface area contributed by atoms with Gasteiger partial charge in [0, 0.05) is 12.0 Å². The Morgan fingerprint density at radius 3 is 2.38 bits per heavy atom. The molecular weight excluding hydrogens is 655 g/mol. The predicted molar refractivity (Wildman–Crippen MR) is 178 cm³/mol. The minimum Gasteiger partial charge on any atom is -0.484 e. The molecule has 2 fully saturated rings. The fourth-order valence-corrected chi connectivity index (χ4v) is 6.98. The van der Waals surface area contributed by atoms with E-state index in [1.54, 1.807) is 26.8 Å². The number of aromatic nitrogens is 2. The van der Waals surface area contributed by atoms with Gasteiger partial charge in [-0.3, -0.25) is 9.59 Å². The molecule has 0 spiro atoms. The maximum absolute atomic E-state index is 14.5. The molecule has 50 heavy (non-hydrogen) atoms. The molecule has 0 N–H and O–H groups in total. The Balaban J connectivity index is 1.55. The second-order valence-electron chi connectivity index (χ2n) is 16.0. The maximum atomic E-state index is 14.5. The lowest BCUT2D eigenvalue weighted by Gasteiger charge is -2.35. The highest BCUT2D eigenvalue weighted by Crippen LogP contribution is 2.41. The van der Waals surface area contributed by atoms with Crippen LogP contribution in [0.2, 0.25) is 0 Å². The molecule has 2 bridgehead atoms. The molecule has 6 atom stereocenters. The van der Waals surface area contributed by atoms with E-state index in [9.17, 15) is 27.6 Å². The number of rotatable bonds is 4. The number of aryl methyl sites for hydroxylation is 1. The first kappa shape index (κ1) is 37.6. The van der Waals surface area contributed by atoms with Crippen LogP contribution < -0.4 is 9.47 Å². The van der Waals surface area contributed by atoms with Crippen molar-refractivity contribution in [2.75, 3.05) is 13.2 Å². The topological polar surface area (TPSA) is 117 Å². The van der Waals surface area contributed by atoms with E-state index in [2.05, 4.69) is 0 Å². The average Bonchev–Trinajstić information content (AvgIpc) is 3.62. The number of ether oxygens (including phenoxy) is 4. The van der Waals surface area contributed by atoms with E-state index in [1.807, 2.05) is 27.7 Å². The molecular formula is C37H50F3N3O7. The molecule has 0 radical (unpaired) electrons. The van der Waals surface area contributed by atoms with E-state index >= 15 is 0 Å². The quantitative estimate of drug-likeness (QED) is 0.310. The van der Waals surface area contributed by atoms with Crippen LogP contribution >= 0.6 is 0 Å². The fraction of sp³-hybridized carbons (Fsp3) is 0.703. The predicted octanol–water partition coefficient (Wildman–Crippen LogP) is 7.00. The summed E-state index contributed by atoms with van der Waals surface area (Å²) in [6.45, 7) is 11.4. The lowest BCUT2D eigenvalue weighted by atomic mass is 9.77. The summed E-state index contributed by atoms with van der Waals surface area (Å²) in [4.78, 5) is 52.7. The molecule has 1 amide bonds. The minimum absolute atomic E-state index is 0.0107. The van der Waals surface area contributed by atoms with Crippen molar-refractivity contribution in [3.05, 3.63) is 23.9 Å². The van der Waals surface area contributed by atoms with Gasteiger partial charge < -0.3 is 23.8 Å². The lowest BCUT2D eigenvalue weighted by molar-refractivity contribution is -0.167. The fourth-order valence-electron chi connectivity index (χ4n) is 6.98. The molecule has 10 nitrogen and oxygen atoms in total. The normalized spacial score (nSPS) is 27.0. The van der Waals surface area contributed by atoms with Crippen molar-refractivity contribution < 1.29 is 46.5 Å². The van der Waals surface area contributed by atoms with Gasteiger partial charge in [0.05, 0.1) is 29.9 Å². The molecule has 0 unspecified atom stereocenters. The van der Waals surface area contributed by atoms with E-state index < -0.39 is 59.7 Å². The van der Waals surface area contributed by atoms with Gasteiger partial charge in [0.1, 0.15) is 35.3 Å². The van der Waals surface area contributed by atoms with Gasteiger partial charge in [-0.15, -0.1) is 0 Å². The molecule has 3 heterocycles. The van der Waals surface area contributed by atoms with Crippen molar-refractivity contribution in [1.29, 1.82) is 0 Å². The van der Waals surface area contributed by atoms with Crippen LogP contribution in [0, 0.1) is 23.2 Å². The van der Waals surface area contributed by atoms with Crippen molar-refractivity contribution in [2.45, 2.75) is 130 Å². The van der Waals surface area contributed by atoms with Crippen LogP contribution in [0.1, 0.15) is 99.1 Å². The zero-order valence-corrected chi connectivity index (χ0v) is 30.1. The first-order chi connectivity index (χ1) is 23.3. The summed E-state index contributed by atoms with van der Waals surface area (Å²) in [5.41, 5.74) is -0.110. The molecule has 13 heteroatoms. The molecule has 1 aromatic carbocycles. The van der Waals surface area contributed by atoms with Crippen molar-refractivity contribution in [3.63, 3.8) is 0 Å². The zero-order chi connectivity index (χ0) is 36.6. The number of carbonyl (C=O) groups excluding carboxylic acids is 3. The molecule has 1 saturated heterocycles. The second-order valence-corrected chi connectivity index (χ2v) is 16.0. The van der Waals surface area contributed by atoms with Crippen LogP contribution in [0.4, 0.5) is 13.2 Å². The van der Waals surface area contributed by atoms with Crippen molar-refractivity contribution >= 4 is 28.9 Å². The Labute approximate surface area is 291 Å². The number of carbonyl (C=O) groups is 3.